The van der Waals surface area contributed by atoms with Gasteiger partial charge in [0.05, 0.1) is 7.11 Å². The number of nitrogens with two attached hydrogens (primary N) is 1. The summed E-state index contributed by atoms with van der Waals surface area (Å²) in [5.41, 5.74) is 6.76. The third-order valence-electron chi connectivity index (χ3n) is 3.47. The Kier molecular flexibility index (Phi) is 5.74. The summed E-state index contributed by atoms with van der Waals surface area (Å²) in [6.07, 6.45) is 0.134. The van der Waals surface area contributed by atoms with Crippen LogP contribution in [0.4, 0.5) is 0 Å². The first-order valence-electron chi connectivity index (χ1n) is 7.35. The maximum absolute atomic E-state index is 12.7. The van der Waals surface area contributed by atoms with E-state index >= 15 is 0 Å². The zero-order valence-corrected chi connectivity index (χ0v) is 13.1. The van der Waals surface area contributed by atoms with Gasteiger partial charge in [-0.3, -0.25) is 9.59 Å². The monoisotopic (exact) mass is 312 g/mol. The van der Waals surface area contributed by atoms with Crippen molar-refractivity contribution in [3.63, 3.8) is 0 Å². The van der Waals surface area contributed by atoms with Gasteiger partial charge in [0.1, 0.15) is 5.75 Å². The van der Waals surface area contributed by atoms with Gasteiger partial charge in [-0.2, -0.15) is 0 Å². The van der Waals surface area contributed by atoms with Crippen LogP contribution in [0.3, 0.4) is 0 Å². The van der Waals surface area contributed by atoms with E-state index in [0.29, 0.717) is 17.9 Å². The van der Waals surface area contributed by atoms with Crippen molar-refractivity contribution in [2.24, 2.45) is 5.73 Å². The van der Waals surface area contributed by atoms with Crippen LogP contribution in [0.25, 0.3) is 0 Å². The number of primary amides is 1. The van der Waals surface area contributed by atoms with Crippen LogP contribution < -0.4 is 10.5 Å². The molecule has 0 fully saturated rings. The van der Waals surface area contributed by atoms with Crippen molar-refractivity contribution in [3.05, 3.63) is 65.7 Å². The summed E-state index contributed by atoms with van der Waals surface area (Å²) in [5.74, 6) is 0.122. The summed E-state index contributed by atoms with van der Waals surface area (Å²) in [6, 6.07) is 16.5. The number of nitrogens with zero attached hydrogens (tertiary/aromatic N) is 1. The average molecular weight is 312 g/mol. The van der Waals surface area contributed by atoms with Crippen molar-refractivity contribution >= 4 is 11.8 Å². The molecule has 5 nitrogen and oxygen atoms in total. The molecule has 0 aliphatic rings. The summed E-state index contributed by atoms with van der Waals surface area (Å²) >= 11 is 0. The normalized spacial score (nSPS) is 10.1. The largest absolute Gasteiger partial charge is 0.497 e. The molecule has 0 aliphatic carbocycles. The quantitative estimate of drug-likeness (QED) is 0.852. The molecule has 2 rings (SSSR count). The molecule has 0 bridgehead atoms. The van der Waals surface area contributed by atoms with Crippen molar-refractivity contribution in [2.45, 2.75) is 13.0 Å². The van der Waals surface area contributed by atoms with Crippen LogP contribution >= 0.6 is 0 Å². The standard InChI is InChI=1S/C18H20N2O3/c1-23-16-9-7-15(8-10-16)18(22)20(12-11-17(19)21)13-14-5-3-2-4-6-14/h2-10H,11-13H2,1H3,(H2,19,21). The first kappa shape index (κ1) is 16.5. The number of hydrogen-bond acceptors (Lipinski definition) is 3. The van der Waals surface area contributed by atoms with Gasteiger partial charge in [0.25, 0.3) is 5.91 Å². The molecule has 0 aromatic heterocycles. The second-order valence-electron chi connectivity index (χ2n) is 5.16. The fourth-order valence-corrected chi connectivity index (χ4v) is 2.22. The van der Waals surface area contributed by atoms with E-state index in [4.69, 9.17) is 10.5 Å². The molecule has 23 heavy (non-hydrogen) atoms. The molecule has 2 amide bonds. The molecule has 0 radical (unpaired) electrons. The first-order valence-corrected chi connectivity index (χ1v) is 7.35. The lowest BCUT2D eigenvalue weighted by atomic mass is 10.1. The SMILES string of the molecule is COc1ccc(C(=O)N(CCC(N)=O)Cc2ccccc2)cc1. The predicted octanol–water partition coefficient (Wildman–Crippen LogP) is 2.21. The molecule has 2 aromatic rings. The highest BCUT2D eigenvalue weighted by atomic mass is 16.5. The van der Waals surface area contributed by atoms with E-state index in [-0.39, 0.29) is 18.9 Å². The minimum Gasteiger partial charge on any atom is -0.497 e. The Morgan fingerprint density at radius 1 is 1.04 bits per heavy atom. The van der Waals surface area contributed by atoms with Crippen LogP contribution in [0, 0.1) is 0 Å². The lowest BCUT2D eigenvalue weighted by molar-refractivity contribution is -0.118. The number of benzene rings is 2. The number of amides is 2. The number of hydrogen-bond donors (Lipinski definition) is 1. The van der Waals surface area contributed by atoms with Gasteiger partial charge in [0.15, 0.2) is 0 Å². The van der Waals surface area contributed by atoms with Gasteiger partial charge in [-0.1, -0.05) is 30.3 Å². The van der Waals surface area contributed by atoms with Crippen molar-refractivity contribution in [1.29, 1.82) is 0 Å². The summed E-state index contributed by atoms with van der Waals surface area (Å²) in [7, 11) is 1.57. The van der Waals surface area contributed by atoms with E-state index in [1.54, 1.807) is 36.3 Å². The van der Waals surface area contributed by atoms with E-state index in [0.717, 1.165) is 5.56 Å². The molecule has 2 aromatic carbocycles. The molecule has 0 heterocycles. The second-order valence-corrected chi connectivity index (χ2v) is 5.16. The first-order chi connectivity index (χ1) is 11.1. The fourth-order valence-electron chi connectivity index (χ4n) is 2.22. The van der Waals surface area contributed by atoms with Crippen LogP contribution in [-0.2, 0) is 11.3 Å². The minimum atomic E-state index is -0.425. The van der Waals surface area contributed by atoms with Crippen molar-refractivity contribution in [2.75, 3.05) is 13.7 Å². The van der Waals surface area contributed by atoms with E-state index in [1.165, 1.54) is 0 Å². The van der Waals surface area contributed by atoms with Gasteiger partial charge in [-0.05, 0) is 29.8 Å². The molecular formula is C18H20N2O3. The van der Waals surface area contributed by atoms with Crippen LogP contribution in [-0.4, -0.2) is 30.4 Å². The Morgan fingerprint density at radius 3 is 2.26 bits per heavy atom. The maximum Gasteiger partial charge on any atom is 0.254 e. The Bertz CT molecular complexity index is 654. The van der Waals surface area contributed by atoms with Gasteiger partial charge in [-0.15, -0.1) is 0 Å². The highest BCUT2D eigenvalue weighted by Crippen LogP contribution is 2.15. The molecule has 120 valence electrons. The zero-order valence-electron chi connectivity index (χ0n) is 13.1. The van der Waals surface area contributed by atoms with Crippen LogP contribution in [0.2, 0.25) is 0 Å². The Balaban J connectivity index is 2.16. The Morgan fingerprint density at radius 2 is 1.70 bits per heavy atom. The van der Waals surface area contributed by atoms with Crippen molar-refractivity contribution in [1.82, 2.24) is 4.90 Å². The summed E-state index contributed by atoms with van der Waals surface area (Å²) in [5, 5.41) is 0. The third-order valence-corrected chi connectivity index (χ3v) is 3.47. The van der Waals surface area contributed by atoms with Gasteiger partial charge in [-0.25, -0.2) is 0 Å². The zero-order chi connectivity index (χ0) is 16.7. The fraction of sp³-hybridized carbons (Fsp3) is 0.222. The van der Waals surface area contributed by atoms with Gasteiger partial charge >= 0.3 is 0 Å². The van der Waals surface area contributed by atoms with E-state index < -0.39 is 5.91 Å². The van der Waals surface area contributed by atoms with E-state index in [2.05, 4.69) is 0 Å². The van der Waals surface area contributed by atoms with Crippen LogP contribution in [0.1, 0.15) is 22.3 Å². The van der Waals surface area contributed by atoms with Crippen molar-refractivity contribution < 1.29 is 14.3 Å². The lowest BCUT2D eigenvalue weighted by Crippen LogP contribution is -2.33. The summed E-state index contributed by atoms with van der Waals surface area (Å²) in [6.45, 7) is 0.716. The molecule has 5 heteroatoms. The number of methoxy groups -OCH3 is 1. The number of rotatable bonds is 7. The van der Waals surface area contributed by atoms with Gasteiger partial charge in [0, 0.05) is 25.1 Å². The molecular weight excluding hydrogens is 292 g/mol. The molecule has 0 atom stereocenters. The third kappa shape index (κ3) is 4.85. The van der Waals surface area contributed by atoms with Crippen LogP contribution in [0.15, 0.2) is 54.6 Å². The summed E-state index contributed by atoms with van der Waals surface area (Å²) in [4.78, 5) is 25.4. The van der Waals surface area contributed by atoms with Gasteiger partial charge < -0.3 is 15.4 Å². The Labute approximate surface area is 135 Å². The van der Waals surface area contributed by atoms with Gasteiger partial charge in [0.2, 0.25) is 5.91 Å². The lowest BCUT2D eigenvalue weighted by Gasteiger charge is -2.22. The molecule has 0 aliphatic heterocycles. The van der Waals surface area contributed by atoms with E-state index in [9.17, 15) is 9.59 Å². The molecule has 0 spiro atoms. The number of carbonyl (C=O) groups is 2. The highest BCUT2D eigenvalue weighted by Gasteiger charge is 2.17. The Hall–Kier alpha value is -2.82. The summed E-state index contributed by atoms with van der Waals surface area (Å²) < 4.78 is 5.10. The maximum atomic E-state index is 12.7. The average Bonchev–Trinajstić information content (AvgIpc) is 2.59. The smallest absolute Gasteiger partial charge is 0.254 e. The molecule has 0 saturated heterocycles. The van der Waals surface area contributed by atoms with E-state index in [1.807, 2.05) is 30.3 Å². The predicted molar refractivity (Wildman–Crippen MR) is 88.0 cm³/mol. The minimum absolute atomic E-state index is 0.134. The number of ether oxygens (including phenoxy) is 1. The second kappa shape index (κ2) is 7.98. The molecule has 2 N–H and O–H groups in total. The van der Waals surface area contributed by atoms with Crippen LogP contribution in [0.5, 0.6) is 5.75 Å². The number of carbonyl (C=O) groups excluding carboxylic acids is 2. The molecule has 0 saturated carbocycles. The molecule has 0 unspecified atom stereocenters. The van der Waals surface area contributed by atoms with Crippen molar-refractivity contribution in [3.8, 4) is 5.75 Å². The topological polar surface area (TPSA) is 72.6 Å². The highest BCUT2D eigenvalue weighted by molar-refractivity contribution is 5.94.